The fourth-order valence-corrected chi connectivity index (χ4v) is 2.83. The van der Waals surface area contributed by atoms with E-state index in [9.17, 15) is 4.79 Å². The fraction of sp³-hybridized carbons (Fsp3) is 0.706. The standard InChI is InChI=1S/C17H27N5O2/c1-12(2)13(3)20(5)11-16(23)21-6-8-22(9-7-21)17-15(10-18)19-14(4)24-17/h12-13H,6-9,11H2,1-5H3/t13-/m0/s1. The number of nitrogens with zero attached hydrogens (tertiary/aromatic N) is 5. The van der Waals surface area contributed by atoms with E-state index in [-0.39, 0.29) is 5.91 Å². The number of hydrogen-bond donors (Lipinski definition) is 0. The van der Waals surface area contributed by atoms with Crippen molar-refractivity contribution in [1.29, 1.82) is 5.26 Å². The molecule has 1 saturated heterocycles. The van der Waals surface area contributed by atoms with Gasteiger partial charge in [0.1, 0.15) is 6.07 Å². The van der Waals surface area contributed by atoms with Crippen molar-refractivity contribution in [3.8, 4) is 6.07 Å². The zero-order valence-corrected chi connectivity index (χ0v) is 15.2. The van der Waals surface area contributed by atoms with Crippen molar-refractivity contribution in [3.05, 3.63) is 11.6 Å². The molecule has 1 amide bonds. The van der Waals surface area contributed by atoms with Gasteiger partial charge in [0.15, 0.2) is 5.89 Å². The lowest BCUT2D eigenvalue weighted by atomic mass is 10.1. The average Bonchev–Trinajstić information content (AvgIpc) is 2.94. The molecule has 1 aliphatic heterocycles. The number of carbonyl (C=O) groups excluding carboxylic acids is 1. The average molecular weight is 333 g/mol. The van der Waals surface area contributed by atoms with Crippen molar-refractivity contribution in [2.75, 3.05) is 44.7 Å². The number of aryl methyl sites for hydroxylation is 1. The number of piperazine rings is 1. The van der Waals surface area contributed by atoms with E-state index in [0.29, 0.717) is 62.2 Å². The van der Waals surface area contributed by atoms with Crippen LogP contribution in [-0.2, 0) is 4.79 Å². The predicted octanol–water partition coefficient (Wildman–Crippen LogP) is 1.48. The molecule has 0 spiro atoms. The zero-order valence-electron chi connectivity index (χ0n) is 15.2. The van der Waals surface area contributed by atoms with Crippen LogP contribution in [0.15, 0.2) is 4.42 Å². The molecule has 0 radical (unpaired) electrons. The van der Waals surface area contributed by atoms with E-state index in [1.807, 2.05) is 16.8 Å². The molecule has 7 nitrogen and oxygen atoms in total. The third-order valence-corrected chi connectivity index (χ3v) is 4.79. The third-order valence-electron chi connectivity index (χ3n) is 4.79. The number of carbonyl (C=O) groups is 1. The Morgan fingerprint density at radius 1 is 1.33 bits per heavy atom. The molecule has 0 N–H and O–H groups in total. The molecule has 2 heterocycles. The van der Waals surface area contributed by atoms with Gasteiger partial charge in [-0.2, -0.15) is 5.26 Å². The predicted molar refractivity (Wildman–Crippen MR) is 91.7 cm³/mol. The quantitative estimate of drug-likeness (QED) is 0.812. The maximum atomic E-state index is 12.5. The molecular formula is C17H27N5O2. The summed E-state index contributed by atoms with van der Waals surface area (Å²) in [4.78, 5) is 22.5. The summed E-state index contributed by atoms with van der Waals surface area (Å²) in [5, 5.41) is 9.13. The highest BCUT2D eigenvalue weighted by Crippen LogP contribution is 2.22. The number of amides is 1. The molecule has 0 saturated carbocycles. The summed E-state index contributed by atoms with van der Waals surface area (Å²) >= 11 is 0. The van der Waals surface area contributed by atoms with Gasteiger partial charge in [0.2, 0.25) is 17.5 Å². The third kappa shape index (κ3) is 4.06. The summed E-state index contributed by atoms with van der Waals surface area (Å²) in [7, 11) is 2.00. The summed E-state index contributed by atoms with van der Waals surface area (Å²) in [6, 6.07) is 2.43. The minimum absolute atomic E-state index is 0.152. The Morgan fingerprint density at radius 2 is 1.96 bits per heavy atom. The van der Waals surface area contributed by atoms with Crippen LogP contribution in [0.3, 0.4) is 0 Å². The molecule has 24 heavy (non-hydrogen) atoms. The van der Waals surface area contributed by atoms with Crippen molar-refractivity contribution < 1.29 is 9.21 Å². The summed E-state index contributed by atoms with van der Waals surface area (Å²) in [6.45, 7) is 11.2. The first kappa shape index (κ1) is 18.3. The second-order valence-corrected chi connectivity index (χ2v) is 6.77. The van der Waals surface area contributed by atoms with Crippen molar-refractivity contribution in [1.82, 2.24) is 14.8 Å². The van der Waals surface area contributed by atoms with Crippen LogP contribution >= 0.6 is 0 Å². The van der Waals surface area contributed by atoms with Crippen LogP contribution in [0, 0.1) is 24.2 Å². The first-order chi connectivity index (χ1) is 11.3. The van der Waals surface area contributed by atoms with Crippen molar-refractivity contribution in [2.45, 2.75) is 33.7 Å². The van der Waals surface area contributed by atoms with Crippen LogP contribution in [0.2, 0.25) is 0 Å². The van der Waals surface area contributed by atoms with Gasteiger partial charge in [0.05, 0.1) is 6.54 Å². The topological polar surface area (TPSA) is 76.6 Å². The van der Waals surface area contributed by atoms with Gasteiger partial charge in [-0.25, -0.2) is 4.98 Å². The number of aromatic nitrogens is 1. The van der Waals surface area contributed by atoms with Crippen LogP contribution in [0.1, 0.15) is 32.4 Å². The number of likely N-dealkylation sites (N-methyl/N-ethyl adjacent to an activating group) is 1. The highest BCUT2D eigenvalue weighted by atomic mass is 16.4. The maximum absolute atomic E-state index is 12.5. The second kappa shape index (κ2) is 7.67. The van der Waals surface area contributed by atoms with Gasteiger partial charge in [-0.05, 0) is 19.9 Å². The highest BCUT2D eigenvalue weighted by molar-refractivity contribution is 5.78. The molecule has 1 atom stereocenters. The van der Waals surface area contributed by atoms with Gasteiger partial charge in [0.25, 0.3) is 0 Å². The summed E-state index contributed by atoms with van der Waals surface area (Å²) < 4.78 is 5.54. The lowest BCUT2D eigenvalue weighted by Crippen LogP contribution is -2.52. The van der Waals surface area contributed by atoms with Crippen molar-refractivity contribution >= 4 is 11.8 Å². The second-order valence-electron chi connectivity index (χ2n) is 6.77. The Hall–Kier alpha value is -2.07. The number of anilines is 1. The van der Waals surface area contributed by atoms with Gasteiger partial charge in [-0.15, -0.1) is 0 Å². The molecule has 2 rings (SSSR count). The van der Waals surface area contributed by atoms with E-state index in [1.165, 1.54) is 0 Å². The van der Waals surface area contributed by atoms with Gasteiger partial charge < -0.3 is 14.2 Å². The van der Waals surface area contributed by atoms with E-state index in [4.69, 9.17) is 9.68 Å². The van der Waals surface area contributed by atoms with Crippen LogP contribution < -0.4 is 4.90 Å². The number of oxazole rings is 1. The van der Waals surface area contributed by atoms with Crippen LogP contribution in [0.5, 0.6) is 0 Å². The first-order valence-corrected chi connectivity index (χ1v) is 8.44. The maximum Gasteiger partial charge on any atom is 0.236 e. The molecule has 0 bridgehead atoms. The smallest absolute Gasteiger partial charge is 0.236 e. The molecule has 0 aromatic carbocycles. The van der Waals surface area contributed by atoms with Gasteiger partial charge in [0, 0.05) is 39.1 Å². The lowest BCUT2D eigenvalue weighted by Gasteiger charge is -2.36. The molecule has 132 valence electrons. The van der Waals surface area contributed by atoms with Crippen LogP contribution in [0.25, 0.3) is 0 Å². The first-order valence-electron chi connectivity index (χ1n) is 8.44. The minimum Gasteiger partial charge on any atom is -0.424 e. The van der Waals surface area contributed by atoms with Crippen LogP contribution in [-0.4, -0.2) is 66.5 Å². The SMILES string of the molecule is Cc1nc(C#N)c(N2CCN(C(=O)CN(C)[C@@H](C)C(C)C)CC2)o1. The van der Waals surface area contributed by atoms with E-state index in [2.05, 4.69) is 36.7 Å². The summed E-state index contributed by atoms with van der Waals surface area (Å²) in [5.41, 5.74) is 0.317. The fourth-order valence-electron chi connectivity index (χ4n) is 2.83. The van der Waals surface area contributed by atoms with E-state index >= 15 is 0 Å². The monoisotopic (exact) mass is 333 g/mol. The molecule has 0 unspecified atom stereocenters. The van der Waals surface area contributed by atoms with Crippen molar-refractivity contribution in [3.63, 3.8) is 0 Å². The molecule has 1 aromatic heterocycles. The molecule has 7 heteroatoms. The van der Waals surface area contributed by atoms with Crippen LogP contribution in [0.4, 0.5) is 5.88 Å². The van der Waals surface area contributed by atoms with Crippen molar-refractivity contribution in [2.24, 2.45) is 5.92 Å². The minimum atomic E-state index is 0.152. The molecule has 1 aromatic rings. The number of hydrogen-bond acceptors (Lipinski definition) is 6. The zero-order chi connectivity index (χ0) is 17.9. The summed E-state index contributed by atoms with van der Waals surface area (Å²) in [6.07, 6.45) is 0. The molecule has 1 aliphatic rings. The van der Waals surface area contributed by atoms with Gasteiger partial charge in [-0.1, -0.05) is 13.8 Å². The summed E-state index contributed by atoms with van der Waals surface area (Å²) in [5.74, 6) is 1.68. The van der Waals surface area contributed by atoms with E-state index in [1.54, 1.807) is 6.92 Å². The Morgan fingerprint density at radius 3 is 2.50 bits per heavy atom. The lowest BCUT2D eigenvalue weighted by molar-refractivity contribution is -0.133. The van der Waals surface area contributed by atoms with Gasteiger partial charge >= 0.3 is 0 Å². The number of rotatable bonds is 5. The largest absolute Gasteiger partial charge is 0.424 e. The highest BCUT2D eigenvalue weighted by Gasteiger charge is 2.27. The van der Waals surface area contributed by atoms with Gasteiger partial charge in [-0.3, -0.25) is 9.69 Å². The molecule has 0 aliphatic carbocycles. The normalized spacial score (nSPS) is 16.6. The molecule has 1 fully saturated rings. The Kier molecular flexibility index (Phi) is 5.84. The Labute approximate surface area is 143 Å². The van der Waals surface area contributed by atoms with E-state index in [0.717, 1.165) is 0 Å². The number of nitriles is 1. The Bertz CT molecular complexity index is 611. The van der Waals surface area contributed by atoms with E-state index < -0.39 is 0 Å². The molecular weight excluding hydrogens is 306 g/mol. The Balaban J connectivity index is 1.90.